The number of hydrogen-bond acceptors (Lipinski definition) is 5. The summed E-state index contributed by atoms with van der Waals surface area (Å²) in [4.78, 5) is 51.0. The topological polar surface area (TPSA) is 91.8 Å². The number of aliphatic hydroxyl groups excluding tert-OH is 1. The van der Waals surface area contributed by atoms with Gasteiger partial charge >= 0.3 is 0 Å². The molecule has 2 amide bonds. The summed E-state index contributed by atoms with van der Waals surface area (Å²) in [7, 11) is 0. The molecule has 1 saturated carbocycles. The Kier molecular flexibility index (Phi) is 11.6. The van der Waals surface area contributed by atoms with Crippen LogP contribution >= 0.6 is 0 Å². The molecule has 0 aromatic rings. The smallest absolute Gasteiger partial charge is 0.229 e. The van der Waals surface area contributed by atoms with Crippen molar-refractivity contribution in [1.82, 2.24) is 4.90 Å². The van der Waals surface area contributed by atoms with E-state index in [1.54, 1.807) is 6.92 Å². The van der Waals surface area contributed by atoms with E-state index < -0.39 is 11.6 Å². The SMILES string of the molecule is CC(=O)CCCCCCCCCC(C)(C)N1C(=O)CC(C[C@@H](O)C2C[C@@H](C)CC(C)C2=O)CC1=O. The van der Waals surface area contributed by atoms with Crippen molar-refractivity contribution in [2.24, 2.45) is 23.7 Å². The molecule has 4 atom stereocenters. The molecule has 1 heterocycles. The van der Waals surface area contributed by atoms with E-state index in [1.165, 1.54) is 4.90 Å². The number of aliphatic hydroxyl groups is 1. The highest BCUT2D eigenvalue weighted by Gasteiger charge is 2.43. The van der Waals surface area contributed by atoms with Gasteiger partial charge in [-0.2, -0.15) is 0 Å². The molecule has 1 saturated heterocycles. The van der Waals surface area contributed by atoms with Crippen molar-refractivity contribution in [3.05, 3.63) is 0 Å². The third-order valence-electron chi connectivity index (χ3n) is 8.15. The van der Waals surface area contributed by atoms with E-state index in [0.717, 1.165) is 57.8 Å². The zero-order valence-corrected chi connectivity index (χ0v) is 22.8. The first kappa shape index (κ1) is 29.7. The number of amides is 2. The third-order valence-corrected chi connectivity index (χ3v) is 8.15. The molecular formula is C29H49NO5. The summed E-state index contributed by atoms with van der Waals surface area (Å²) >= 11 is 0. The van der Waals surface area contributed by atoms with Crippen molar-refractivity contribution in [3.8, 4) is 0 Å². The Morgan fingerprint density at radius 3 is 2.06 bits per heavy atom. The number of hydrogen-bond donors (Lipinski definition) is 1. The van der Waals surface area contributed by atoms with Gasteiger partial charge in [0.15, 0.2) is 0 Å². The first-order valence-corrected chi connectivity index (χ1v) is 14.0. The fraction of sp³-hybridized carbons (Fsp3) is 0.862. The first-order chi connectivity index (χ1) is 16.4. The molecule has 1 aliphatic heterocycles. The minimum absolute atomic E-state index is 0.0314. The number of Topliss-reactive ketones (excluding diaryl/α,β-unsaturated/α-hetero) is 2. The molecular weight excluding hydrogens is 442 g/mol. The normalized spacial score (nSPS) is 25.3. The fourth-order valence-electron chi connectivity index (χ4n) is 6.24. The fourth-order valence-corrected chi connectivity index (χ4v) is 6.24. The van der Waals surface area contributed by atoms with Gasteiger partial charge in [-0.1, -0.05) is 52.4 Å². The predicted molar refractivity (Wildman–Crippen MR) is 138 cm³/mol. The first-order valence-electron chi connectivity index (χ1n) is 14.0. The lowest BCUT2D eigenvalue weighted by Gasteiger charge is -2.42. The van der Waals surface area contributed by atoms with Crippen LogP contribution in [0.25, 0.3) is 0 Å². The second kappa shape index (κ2) is 13.7. The average Bonchev–Trinajstić information content (AvgIpc) is 2.74. The maximum Gasteiger partial charge on any atom is 0.229 e. The van der Waals surface area contributed by atoms with E-state index in [9.17, 15) is 24.3 Å². The monoisotopic (exact) mass is 491 g/mol. The minimum atomic E-state index is -0.777. The molecule has 2 unspecified atom stereocenters. The van der Waals surface area contributed by atoms with Crippen molar-refractivity contribution >= 4 is 23.4 Å². The molecule has 6 heteroatoms. The molecule has 0 bridgehead atoms. The molecule has 2 fully saturated rings. The van der Waals surface area contributed by atoms with Gasteiger partial charge in [0.1, 0.15) is 11.6 Å². The van der Waals surface area contributed by atoms with Gasteiger partial charge < -0.3 is 9.90 Å². The van der Waals surface area contributed by atoms with E-state index in [4.69, 9.17) is 0 Å². The number of piperidine rings is 1. The Hall–Kier alpha value is -1.56. The number of carbonyl (C=O) groups is 4. The molecule has 35 heavy (non-hydrogen) atoms. The largest absolute Gasteiger partial charge is 0.392 e. The lowest BCUT2D eigenvalue weighted by atomic mass is 9.71. The number of rotatable bonds is 14. The van der Waals surface area contributed by atoms with Crippen LogP contribution in [0, 0.1) is 23.7 Å². The maximum absolute atomic E-state index is 13.0. The van der Waals surface area contributed by atoms with Crippen LogP contribution in [0.5, 0.6) is 0 Å². The Morgan fingerprint density at radius 2 is 1.49 bits per heavy atom. The number of unbranched alkanes of at least 4 members (excludes halogenated alkanes) is 6. The van der Waals surface area contributed by atoms with Gasteiger partial charge in [0.05, 0.1) is 6.10 Å². The average molecular weight is 492 g/mol. The number of ketones is 2. The zero-order chi connectivity index (χ0) is 26.2. The van der Waals surface area contributed by atoms with Gasteiger partial charge in [-0.3, -0.25) is 19.3 Å². The number of carbonyl (C=O) groups excluding carboxylic acids is 4. The molecule has 2 rings (SSSR count). The van der Waals surface area contributed by atoms with Gasteiger partial charge in [-0.15, -0.1) is 0 Å². The summed E-state index contributed by atoms with van der Waals surface area (Å²) in [6, 6.07) is 0. The maximum atomic E-state index is 13.0. The van der Waals surface area contributed by atoms with E-state index in [0.29, 0.717) is 25.2 Å². The van der Waals surface area contributed by atoms with Crippen LogP contribution in [0.3, 0.4) is 0 Å². The van der Waals surface area contributed by atoms with Crippen molar-refractivity contribution in [2.45, 2.75) is 136 Å². The van der Waals surface area contributed by atoms with E-state index >= 15 is 0 Å². The number of likely N-dealkylation sites (tertiary alicyclic amines) is 1. The number of nitrogens with zero attached hydrogens (tertiary/aromatic N) is 1. The molecule has 0 aromatic carbocycles. The molecule has 6 nitrogen and oxygen atoms in total. The van der Waals surface area contributed by atoms with Gasteiger partial charge in [-0.05, 0) is 64.7 Å². The molecule has 0 radical (unpaired) electrons. The van der Waals surface area contributed by atoms with Gasteiger partial charge in [0.2, 0.25) is 11.8 Å². The van der Waals surface area contributed by atoms with Gasteiger partial charge in [0.25, 0.3) is 0 Å². The number of imide groups is 1. The van der Waals surface area contributed by atoms with Crippen molar-refractivity contribution in [1.29, 1.82) is 0 Å². The highest BCUT2D eigenvalue weighted by atomic mass is 16.3. The highest BCUT2D eigenvalue weighted by Crippen LogP contribution is 2.37. The Morgan fingerprint density at radius 1 is 0.943 bits per heavy atom. The van der Waals surface area contributed by atoms with Crippen LogP contribution in [-0.4, -0.2) is 45.0 Å². The molecule has 1 N–H and O–H groups in total. The second-order valence-corrected chi connectivity index (χ2v) is 12.2. The summed E-state index contributed by atoms with van der Waals surface area (Å²) < 4.78 is 0. The lowest BCUT2D eigenvalue weighted by molar-refractivity contribution is -0.157. The van der Waals surface area contributed by atoms with Crippen LogP contribution in [0.4, 0.5) is 0 Å². The van der Waals surface area contributed by atoms with Crippen LogP contribution < -0.4 is 0 Å². The summed E-state index contributed by atoms with van der Waals surface area (Å²) in [5.41, 5.74) is -0.510. The highest BCUT2D eigenvalue weighted by molar-refractivity contribution is 5.98. The second-order valence-electron chi connectivity index (χ2n) is 12.2. The Balaban J connectivity index is 1.76. The van der Waals surface area contributed by atoms with E-state index in [-0.39, 0.29) is 54.0 Å². The van der Waals surface area contributed by atoms with E-state index in [2.05, 4.69) is 6.92 Å². The molecule has 200 valence electrons. The lowest BCUT2D eigenvalue weighted by Crippen LogP contribution is -2.55. The minimum Gasteiger partial charge on any atom is -0.392 e. The quantitative estimate of drug-likeness (QED) is 0.251. The summed E-state index contributed by atoms with van der Waals surface area (Å²) in [5, 5.41) is 10.8. The molecule has 2 aliphatic rings. The standard InChI is InChI=1S/C29H49NO5/c1-20-15-21(2)28(35)24(16-20)25(32)17-23-18-26(33)30(27(34)19-23)29(4,5)14-12-10-8-6-7-9-11-13-22(3)31/h20-21,23-25,32H,6-19H2,1-5H3/t20-,21?,24?,25+/m0/s1. The van der Waals surface area contributed by atoms with Crippen LogP contribution in [0.2, 0.25) is 0 Å². The molecule has 1 aliphatic carbocycles. The summed E-state index contributed by atoms with van der Waals surface area (Å²) in [6.07, 6.45) is 10.7. The van der Waals surface area contributed by atoms with Crippen molar-refractivity contribution in [3.63, 3.8) is 0 Å². The van der Waals surface area contributed by atoms with E-state index in [1.807, 2.05) is 20.8 Å². The van der Waals surface area contributed by atoms with Gasteiger partial charge in [0, 0.05) is 36.6 Å². The van der Waals surface area contributed by atoms with Crippen LogP contribution in [0.1, 0.15) is 125 Å². The molecule has 0 aromatic heterocycles. The van der Waals surface area contributed by atoms with Gasteiger partial charge in [-0.25, -0.2) is 0 Å². The predicted octanol–water partition coefficient (Wildman–Crippen LogP) is 5.63. The molecule has 0 spiro atoms. The van der Waals surface area contributed by atoms with Crippen LogP contribution in [0.15, 0.2) is 0 Å². The summed E-state index contributed by atoms with van der Waals surface area (Å²) in [5.74, 6) is -0.0988. The zero-order valence-electron chi connectivity index (χ0n) is 22.8. The van der Waals surface area contributed by atoms with Crippen molar-refractivity contribution in [2.75, 3.05) is 0 Å². The Labute approximate surface area is 212 Å². The summed E-state index contributed by atoms with van der Waals surface area (Å²) in [6.45, 7) is 9.64. The third kappa shape index (κ3) is 9.11. The van der Waals surface area contributed by atoms with Crippen LogP contribution in [-0.2, 0) is 19.2 Å². The Bertz CT molecular complexity index is 727. The van der Waals surface area contributed by atoms with Crippen molar-refractivity contribution < 1.29 is 24.3 Å².